The molecule has 0 nitrogen and oxygen atoms in total. The summed E-state index contributed by atoms with van der Waals surface area (Å²) in [5, 5.41) is 0. The Balaban J connectivity index is -0.0000000483. The van der Waals surface area contributed by atoms with E-state index in [9.17, 15) is 0 Å². The molecule has 0 aromatic carbocycles. The van der Waals surface area contributed by atoms with E-state index in [0.29, 0.717) is 0 Å². The van der Waals surface area contributed by atoms with E-state index in [4.69, 9.17) is 0 Å². The van der Waals surface area contributed by atoms with Crippen LogP contribution in [0.4, 0.5) is 0 Å². The SMILES string of the molecule is C[CH-]C.C[CH-]C.[Ag][I]. The summed E-state index contributed by atoms with van der Waals surface area (Å²) in [6, 6.07) is 0. The zero-order valence-corrected chi connectivity index (χ0v) is 9.47. The molecule has 0 spiro atoms. The molecule has 0 radical (unpaired) electrons. The summed E-state index contributed by atoms with van der Waals surface area (Å²) in [7, 11) is 0. The van der Waals surface area contributed by atoms with E-state index in [0.717, 1.165) is 0 Å². The fraction of sp³-hybridized carbons (Fsp3) is 0.667. The van der Waals surface area contributed by atoms with E-state index < -0.39 is 0 Å². The number of hydrogen-bond acceptors (Lipinski definition) is 0. The first-order chi connectivity index (χ1) is 3.83. The molecule has 0 amide bonds. The monoisotopic (exact) mass is 320 g/mol. The molecule has 58 valence electrons. The summed E-state index contributed by atoms with van der Waals surface area (Å²) in [5.74, 6) is 0. The van der Waals surface area contributed by atoms with Gasteiger partial charge in [0.15, 0.2) is 0 Å². The summed E-state index contributed by atoms with van der Waals surface area (Å²) in [4.78, 5) is 0. The average molecular weight is 321 g/mol. The van der Waals surface area contributed by atoms with Crippen molar-refractivity contribution in [2.24, 2.45) is 0 Å². The Labute approximate surface area is 76.3 Å². The first-order valence-corrected chi connectivity index (χ1v) is 6.83. The van der Waals surface area contributed by atoms with E-state index in [1.165, 1.54) is 0 Å². The molecule has 0 aromatic rings. The van der Waals surface area contributed by atoms with Crippen molar-refractivity contribution < 1.29 is 17.3 Å². The van der Waals surface area contributed by atoms with E-state index in [1.54, 1.807) is 0 Å². The van der Waals surface area contributed by atoms with Crippen LogP contribution < -0.4 is 0 Å². The van der Waals surface area contributed by atoms with Gasteiger partial charge in [0.1, 0.15) is 0 Å². The molecule has 0 heterocycles. The molecule has 0 bridgehead atoms. The van der Waals surface area contributed by atoms with Gasteiger partial charge in [0.2, 0.25) is 0 Å². The fourth-order valence-corrected chi connectivity index (χ4v) is 0. The topological polar surface area (TPSA) is 0 Å². The van der Waals surface area contributed by atoms with Gasteiger partial charge in [0.25, 0.3) is 0 Å². The summed E-state index contributed by atoms with van der Waals surface area (Å²) in [5.41, 5.74) is 0. The van der Waals surface area contributed by atoms with Gasteiger partial charge in [-0.3, -0.25) is 0 Å². The van der Waals surface area contributed by atoms with E-state index >= 15 is 0 Å². The number of rotatable bonds is 0. The molecule has 0 unspecified atom stereocenters. The Hall–Kier alpha value is 1.47. The molecule has 0 fully saturated rings. The van der Waals surface area contributed by atoms with Gasteiger partial charge in [-0.25, -0.2) is 0 Å². The molecule has 0 saturated heterocycles. The summed E-state index contributed by atoms with van der Waals surface area (Å²) in [6.07, 6.45) is 4.00. The van der Waals surface area contributed by atoms with Crippen LogP contribution in [-0.4, -0.2) is 0 Å². The third kappa shape index (κ3) is 145. The van der Waals surface area contributed by atoms with Gasteiger partial charge in [-0.2, -0.15) is 27.7 Å². The van der Waals surface area contributed by atoms with Crippen LogP contribution in [0.3, 0.4) is 0 Å². The molecular formula is C6H14AgI-2. The predicted molar refractivity (Wildman–Crippen MR) is 45.3 cm³/mol. The number of hydrogen-bond donors (Lipinski definition) is 0. The van der Waals surface area contributed by atoms with Crippen molar-refractivity contribution in [2.45, 2.75) is 27.7 Å². The molecule has 0 atom stereocenters. The van der Waals surface area contributed by atoms with Gasteiger partial charge in [0.05, 0.1) is 0 Å². The molecule has 0 rings (SSSR count). The number of halogens is 1. The summed E-state index contributed by atoms with van der Waals surface area (Å²) >= 11 is 4.88. The molecular weight excluding hydrogens is 307 g/mol. The third-order valence-corrected chi connectivity index (χ3v) is 0. The van der Waals surface area contributed by atoms with Crippen LogP contribution in [0.2, 0.25) is 0 Å². The van der Waals surface area contributed by atoms with Gasteiger partial charge in [0, 0.05) is 0 Å². The molecule has 8 heavy (non-hydrogen) atoms. The quantitative estimate of drug-likeness (QED) is 0.365. The third-order valence-electron chi connectivity index (χ3n) is 0. The zero-order valence-electron chi connectivity index (χ0n) is 5.83. The van der Waals surface area contributed by atoms with E-state index in [1.807, 2.05) is 59.6 Å². The summed E-state index contributed by atoms with van der Waals surface area (Å²) < 4.78 is 0. The predicted octanol–water partition coefficient (Wildman–Crippen LogP) is 3.34. The second-order valence-electron chi connectivity index (χ2n) is 1.15. The zero-order chi connectivity index (χ0) is 7.41. The first kappa shape index (κ1) is 16.2. The van der Waals surface area contributed by atoms with Gasteiger partial charge in [-0.05, 0) is 0 Å². The van der Waals surface area contributed by atoms with Crippen LogP contribution in [0.5, 0.6) is 0 Å². The minimum atomic E-state index is 1.96. The van der Waals surface area contributed by atoms with Gasteiger partial charge >= 0.3 is 36.3 Å². The standard InChI is InChI=1S/2C3H7.Ag.HI/c2*1-3-2;;/h2*3H,1-2H3;;1H/q2*-1;+1;/p-1. The van der Waals surface area contributed by atoms with Gasteiger partial charge in [-0.15, -0.1) is 0 Å². The maximum atomic E-state index is 2.92. The van der Waals surface area contributed by atoms with Crippen LogP contribution in [0.25, 0.3) is 0 Å². The van der Waals surface area contributed by atoms with Gasteiger partial charge in [-0.1, -0.05) is 0 Å². The van der Waals surface area contributed by atoms with E-state index in [-0.39, 0.29) is 0 Å². The Morgan fingerprint density at radius 2 is 0.875 bits per heavy atom. The van der Waals surface area contributed by atoms with Crippen molar-refractivity contribution in [1.29, 1.82) is 0 Å². The van der Waals surface area contributed by atoms with Crippen molar-refractivity contribution in [3.63, 3.8) is 0 Å². The minimum absolute atomic E-state index is 1.96. The Bertz CT molecular complexity index is 10.5. The molecule has 0 aliphatic carbocycles. The van der Waals surface area contributed by atoms with Crippen molar-refractivity contribution >= 4 is 19.0 Å². The Kier molecular flexibility index (Phi) is 79.6. The van der Waals surface area contributed by atoms with Crippen LogP contribution in [0.1, 0.15) is 27.7 Å². The van der Waals surface area contributed by atoms with Crippen molar-refractivity contribution in [1.82, 2.24) is 0 Å². The van der Waals surface area contributed by atoms with Crippen LogP contribution in [-0.2, 0) is 17.3 Å². The van der Waals surface area contributed by atoms with Crippen LogP contribution >= 0.6 is 19.0 Å². The second-order valence-corrected chi connectivity index (χ2v) is 1.15. The Morgan fingerprint density at radius 1 is 0.875 bits per heavy atom. The maximum absolute atomic E-state index is 2.92. The fourth-order valence-electron chi connectivity index (χ4n) is 0. The van der Waals surface area contributed by atoms with Crippen molar-refractivity contribution in [2.75, 3.05) is 0 Å². The average Bonchev–Trinajstić information content (AvgIpc) is 1.75. The molecule has 0 saturated carbocycles. The molecule has 0 aliphatic rings. The van der Waals surface area contributed by atoms with Crippen molar-refractivity contribution in [3.05, 3.63) is 12.8 Å². The van der Waals surface area contributed by atoms with Crippen LogP contribution in [0.15, 0.2) is 0 Å². The van der Waals surface area contributed by atoms with Crippen molar-refractivity contribution in [3.8, 4) is 0 Å². The molecule has 2 heteroatoms. The first-order valence-electron chi connectivity index (χ1n) is 2.42. The summed E-state index contributed by atoms with van der Waals surface area (Å²) in [6.45, 7) is 8.00. The van der Waals surface area contributed by atoms with Crippen LogP contribution in [0, 0.1) is 12.8 Å². The van der Waals surface area contributed by atoms with Gasteiger partial charge < -0.3 is 12.8 Å². The normalized spacial score (nSPS) is 5.38. The molecule has 0 aliphatic heterocycles. The second kappa shape index (κ2) is 39.3. The molecule has 0 aromatic heterocycles. The van der Waals surface area contributed by atoms with E-state index in [2.05, 4.69) is 17.3 Å². The molecule has 0 N–H and O–H groups in total. The Morgan fingerprint density at radius 3 is 0.875 bits per heavy atom.